The van der Waals surface area contributed by atoms with E-state index >= 15 is 0 Å². The first-order valence-corrected chi connectivity index (χ1v) is 7.40. The summed E-state index contributed by atoms with van der Waals surface area (Å²) in [7, 11) is 0. The van der Waals surface area contributed by atoms with Crippen molar-refractivity contribution < 1.29 is 14.7 Å². The van der Waals surface area contributed by atoms with Crippen LogP contribution in [0, 0.1) is 5.41 Å². The third kappa shape index (κ3) is 8.64. The molecule has 1 heterocycles. The minimum absolute atomic E-state index is 0.0754. The smallest absolute Gasteiger partial charge is 0.320 e. The maximum Gasteiger partial charge on any atom is 0.320 e. The highest BCUT2D eigenvalue weighted by Crippen LogP contribution is 2.16. The summed E-state index contributed by atoms with van der Waals surface area (Å²) >= 11 is 5.55. The van der Waals surface area contributed by atoms with Crippen LogP contribution in [0.25, 0.3) is 0 Å². The SMILES string of the molecule is N=C(N)NC(=O)c1nc(Cl)c(N)nc1N.NCCCCC(N)C(=O)O. The van der Waals surface area contributed by atoms with E-state index in [2.05, 4.69) is 9.97 Å². The van der Waals surface area contributed by atoms with Gasteiger partial charge < -0.3 is 33.8 Å². The van der Waals surface area contributed by atoms with Crippen LogP contribution in [-0.4, -0.2) is 45.5 Å². The topological polar surface area (TPSA) is 246 Å². The van der Waals surface area contributed by atoms with E-state index in [1.165, 1.54) is 0 Å². The number of halogens is 1. The molecule has 13 heteroatoms. The first kappa shape index (κ1) is 22.3. The van der Waals surface area contributed by atoms with Gasteiger partial charge in [0.15, 0.2) is 28.4 Å². The largest absolute Gasteiger partial charge is 0.480 e. The first-order valence-electron chi connectivity index (χ1n) is 7.02. The Hall–Kier alpha value is -2.70. The highest BCUT2D eigenvalue weighted by Gasteiger charge is 2.16. The molecule has 0 spiro atoms. The minimum Gasteiger partial charge on any atom is -0.480 e. The van der Waals surface area contributed by atoms with Crippen molar-refractivity contribution in [1.82, 2.24) is 15.3 Å². The number of aromatic nitrogens is 2. The van der Waals surface area contributed by atoms with Crippen LogP contribution in [0.1, 0.15) is 29.8 Å². The summed E-state index contributed by atoms with van der Waals surface area (Å²) in [6.07, 6.45) is 2.16. The molecule has 1 atom stereocenters. The number of hydrogen-bond donors (Lipinski definition) is 8. The van der Waals surface area contributed by atoms with Crippen molar-refractivity contribution in [3.8, 4) is 0 Å². The summed E-state index contributed by atoms with van der Waals surface area (Å²) in [5.74, 6) is -2.50. The van der Waals surface area contributed by atoms with Gasteiger partial charge in [-0.3, -0.25) is 20.3 Å². The molecule has 1 rings (SSSR count). The number of nitrogens with two attached hydrogens (primary N) is 5. The van der Waals surface area contributed by atoms with Crippen molar-refractivity contribution in [2.24, 2.45) is 17.2 Å². The fourth-order valence-electron chi connectivity index (χ4n) is 1.42. The van der Waals surface area contributed by atoms with Crippen molar-refractivity contribution in [3.05, 3.63) is 10.8 Å². The molecule has 13 N–H and O–H groups in total. The third-order valence-corrected chi connectivity index (χ3v) is 2.93. The van der Waals surface area contributed by atoms with Crippen LogP contribution >= 0.6 is 11.6 Å². The summed E-state index contributed by atoms with van der Waals surface area (Å²) in [5.41, 5.74) is 25.8. The Labute approximate surface area is 148 Å². The third-order valence-electron chi connectivity index (χ3n) is 2.65. The second-order valence-electron chi connectivity index (χ2n) is 4.73. The average Bonchev–Trinajstić information content (AvgIpc) is 2.50. The van der Waals surface area contributed by atoms with Crippen molar-refractivity contribution in [3.63, 3.8) is 0 Å². The number of nitrogen functional groups attached to an aromatic ring is 2. The van der Waals surface area contributed by atoms with E-state index in [9.17, 15) is 9.59 Å². The van der Waals surface area contributed by atoms with Crippen LogP contribution in [0.3, 0.4) is 0 Å². The summed E-state index contributed by atoms with van der Waals surface area (Å²) in [6.45, 7) is 0.604. The molecule has 0 saturated carbocycles. The Morgan fingerprint density at radius 1 is 1.24 bits per heavy atom. The molecule has 0 aromatic carbocycles. The van der Waals surface area contributed by atoms with E-state index in [0.717, 1.165) is 12.8 Å². The lowest BCUT2D eigenvalue weighted by atomic mass is 10.1. The quantitative estimate of drug-likeness (QED) is 0.161. The average molecular weight is 376 g/mol. The Morgan fingerprint density at radius 3 is 2.32 bits per heavy atom. The Bertz CT molecular complexity index is 626. The predicted octanol–water partition coefficient (Wildman–Crippen LogP) is -1.56. The van der Waals surface area contributed by atoms with E-state index in [-0.39, 0.29) is 22.5 Å². The van der Waals surface area contributed by atoms with Gasteiger partial charge in [-0.2, -0.15) is 0 Å². The number of carbonyl (C=O) groups excluding carboxylic acids is 1. The van der Waals surface area contributed by atoms with E-state index in [1.807, 2.05) is 5.32 Å². The van der Waals surface area contributed by atoms with Crippen LogP contribution < -0.4 is 34.0 Å². The number of amides is 1. The molecule has 1 unspecified atom stereocenters. The highest BCUT2D eigenvalue weighted by molar-refractivity contribution is 6.31. The van der Waals surface area contributed by atoms with Gasteiger partial charge in [-0.25, -0.2) is 9.97 Å². The molecule has 0 aliphatic carbocycles. The molecule has 0 radical (unpaired) electrons. The number of rotatable bonds is 6. The number of unbranched alkanes of at least 4 members (excludes halogenated alkanes) is 1. The number of carboxylic acid groups (broad SMARTS) is 1. The molecule has 0 bridgehead atoms. The summed E-state index contributed by atoms with van der Waals surface area (Å²) < 4.78 is 0. The predicted molar refractivity (Wildman–Crippen MR) is 93.8 cm³/mol. The maximum absolute atomic E-state index is 11.3. The highest BCUT2D eigenvalue weighted by atomic mass is 35.5. The summed E-state index contributed by atoms with van der Waals surface area (Å²) in [4.78, 5) is 28.7. The molecule has 0 fully saturated rings. The van der Waals surface area contributed by atoms with Gasteiger partial charge in [-0.1, -0.05) is 18.0 Å². The van der Waals surface area contributed by atoms with E-state index in [1.54, 1.807) is 0 Å². The van der Waals surface area contributed by atoms with Crippen LogP contribution in [0.5, 0.6) is 0 Å². The van der Waals surface area contributed by atoms with E-state index in [4.69, 9.17) is 50.8 Å². The number of carbonyl (C=O) groups is 2. The first-order chi connectivity index (χ1) is 11.6. The van der Waals surface area contributed by atoms with Crippen LogP contribution in [0.4, 0.5) is 11.6 Å². The van der Waals surface area contributed by atoms with Gasteiger partial charge in [0, 0.05) is 0 Å². The number of nitrogens with zero attached hydrogens (tertiary/aromatic N) is 2. The number of anilines is 2. The maximum atomic E-state index is 11.3. The molecular weight excluding hydrogens is 354 g/mol. The minimum atomic E-state index is -0.933. The summed E-state index contributed by atoms with van der Waals surface area (Å²) in [6, 6.07) is -0.716. The van der Waals surface area contributed by atoms with Crippen molar-refractivity contribution >= 4 is 41.1 Å². The van der Waals surface area contributed by atoms with Gasteiger partial charge in [-0.05, 0) is 19.4 Å². The van der Waals surface area contributed by atoms with Crippen LogP contribution in [0.2, 0.25) is 5.15 Å². The monoisotopic (exact) mass is 375 g/mol. The lowest BCUT2D eigenvalue weighted by molar-refractivity contribution is -0.138. The zero-order valence-corrected chi connectivity index (χ0v) is 14.1. The number of hydrogen-bond acceptors (Lipinski definition) is 9. The lowest BCUT2D eigenvalue weighted by Gasteiger charge is -2.05. The Morgan fingerprint density at radius 2 is 1.84 bits per heavy atom. The van der Waals surface area contributed by atoms with Crippen LogP contribution in [-0.2, 0) is 4.79 Å². The Balaban J connectivity index is 0.000000504. The van der Waals surface area contributed by atoms with Gasteiger partial charge >= 0.3 is 5.97 Å². The zero-order valence-electron chi connectivity index (χ0n) is 13.3. The number of carboxylic acids is 1. The summed E-state index contributed by atoms with van der Waals surface area (Å²) in [5, 5.41) is 17.0. The Kier molecular flexibility index (Phi) is 9.78. The molecule has 1 aromatic heterocycles. The standard InChI is InChI=1S/C6H8ClN7O.C6H14N2O2/c7-2-4(9)13-3(8)1(12-2)5(15)14-6(10)11;7-4-2-1-3-5(8)6(9)10/h(H4,8,9,13)(H4,10,11,14,15);5H,1-4,7-8H2,(H,9,10). The van der Waals surface area contributed by atoms with Gasteiger partial charge in [0.2, 0.25) is 0 Å². The van der Waals surface area contributed by atoms with Crippen molar-refractivity contribution in [2.75, 3.05) is 18.0 Å². The van der Waals surface area contributed by atoms with Gasteiger partial charge in [0.1, 0.15) is 6.04 Å². The molecule has 140 valence electrons. The van der Waals surface area contributed by atoms with E-state index < -0.39 is 23.9 Å². The second kappa shape index (κ2) is 11.0. The van der Waals surface area contributed by atoms with Gasteiger partial charge in [0.25, 0.3) is 5.91 Å². The fourth-order valence-corrected chi connectivity index (χ4v) is 1.55. The number of nitrogens with one attached hydrogen (secondary N) is 2. The zero-order chi connectivity index (χ0) is 19.6. The lowest BCUT2D eigenvalue weighted by Crippen LogP contribution is -2.36. The second-order valence-corrected chi connectivity index (χ2v) is 5.09. The molecule has 25 heavy (non-hydrogen) atoms. The fraction of sp³-hybridized carbons (Fsp3) is 0.417. The molecule has 0 saturated heterocycles. The van der Waals surface area contributed by atoms with Gasteiger partial charge in [0.05, 0.1) is 0 Å². The van der Waals surface area contributed by atoms with Gasteiger partial charge in [-0.15, -0.1) is 0 Å². The van der Waals surface area contributed by atoms with Crippen LogP contribution in [0.15, 0.2) is 0 Å². The molecule has 0 aliphatic heterocycles. The number of aliphatic carboxylic acids is 1. The molecule has 12 nitrogen and oxygen atoms in total. The number of guanidine groups is 1. The normalized spacial score (nSPS) is 11.0. The van der Waals surface area contributed by atoms with Crippen molar-refractivity contribution in [1.29, 1.82) is 5.41 Å². The molecule has 1 amide bonds. The molecule has 1 aromatic rings. The van der Waals surface area contributed by atoms with E-state index in [0.29, 0.717) is 13.0 Å². The molecular formula is C12H22ClN9O3. The van der Waals surface area contributed by atoms with Crippen molar-refractivity contribution in [2.45, 2.75) is 25.3 Å². The molecule has 0 aliphatic rings.